The van der Waals surface area contributed by atoms with Crippen LogP contribution in [-0.2, 0) is 23.4 Å². The molecular weight excluding hydrogens is 239 g/mol. The molecule has 0 heterocycles. The van der Waals surface area contributed by atoms with E-state index in [-0.39, 0.29) is 18.5 Å². The zero-order chi connectivity index (χ0) is 11.9. The van der Waals surface area contributed by atoms with E-state index in [9.17, 15) is 13.0 Å². The summed E-state index contributed by atoms with van der Waals surface area (Å²) in [6.45, 7) is 5.34. The van der Waals surface area contributed by atoms with Crippen molar-refractivity contribution < 1.29 is 22.0 Å². The SMILES string of the molecule is CCCS(=O)(=O)COP(=O)(CC)OCC. The minimum Gasteiger partial charge on any atom is -0.309 e. The van der Waals surface area contributed by atoms with Crippen molar-refractivity contribution in [1.29, 1.82) is 0 Å². The minimum absolute atomic E-state index is 0.0445. The van der Waals surface area contributed by atoms with Gasteiger partial charge in [0.1, 0.15) is 0 Å². The summed E-state index contributed by atoms with van der Waals surface area (Å²) in [5.74, 6) is -0.477. The van der Waals surface area contributed by atoms with E-state index in [1.807, 2.05) is 0 Å². The highest BCUT2D eigenvalue weighted by Crippen LogP contribution is 2.47. The van der Waals surface area contributed by atoms with E-state index >= 15 is 0 Å². The van der Waals surface area contributed by atoms with Crippen LogP contribution in [0.4, 0.5) is 0 Å². The third-order valence-corrected chi connectivity index (χ3v) is 5.29. The molecule has 0 amide bonds. The fourth-order valence-corrected chi connectivity index (χ4v) is 3.80. The van der Waals surface area contributed by atoms with Gasteiger partial charge in [-0.2, -0.15) is 0 Å². The quantitative estimate of drug-likeness (QED) is 0.623. The van der Waals surface area contributed by atoms with E-state index in [0.717, 1.165) is 0 Å². The van der Waals surface area contributed by atoms with Gasteiger partial charge < -0.3 is 4.52 Å². The van der Waals surface area contributed by atoms with Crippen molar-refractivity contribution in [2.45, 2.75) is 27.2 Å². The summed E-state index contributed by atoms with van der Waals surface area (Å²) in [4.78, 5) is 0. The highest BCUT2D eigenvalue weighted by atomic mass is 32.2. The summed E-state index contributed by atoms with van der Waals surface area (Å²) in [5.41, 5.74) is 0. The Morgan fingerprint density at radius 1 is 1.13 bits per heavy atom. The number of hydrogen-bond donors (Lipinski definition) is 0. The van der Waals surface area contributed by atoms with Crippen LogP contribution in [0.1, 0.15) is 27.2 Å². The summed E-state index contributed by atoms with van der Waals surface area (Å²) in [6, 6.07) is 0. The van der Waals surface area contributed by atoms with E-state index in [4.69, 9.17) is 9.05 Å². The zero-order valence-corrected chi connectivity index (χ0v) is 11.1. The molecule has 7 heteroatoms. The zero-order valence-electron chi connectivity index (χ0n) is 9.43. The molecule has 0 spiro atoms. The lowest BCUT2D eigenvalue weighted by molar-refractivity contribution is 0.235. The molecule has 92 valence electrons. The Morgan fingerprint density at radius 2 is 1.73 bits per heavy atom. The molecule has 0 aromatic heterocycles. The molecule has 0 radical (unpaired) electrons. The molecule has 0 fully saturated rings. The van der Waals surface area contributed by atoms with Crippen molar-refractivity contribution in [1.82, 2.24) is 0 Å². The standard InChI is InChI=1S/C8H19O5PS/c1-4-7-15(10,11)8-13-14(9,6-3)12-5-2/h4-8H2,1-3H3. The lowest BCUT2D eigenvalue weighted by Gasteiger charge is -2.15. The van der Waals surface area contributed by atoms with Gasteiger partial charge >= 0.3 is 7.60 Å². The summed E-state index contributed by atoms with van der Waals surface area (Å²) in [6.07, 6.45) is 0.708. The summed E-state index contributed by atoms with van der Waals surface area (Å²) in [5, 5.41) is 0. The summed E-state index contributed by atoms with van der Waals surface area (Å²) in [7, 11) is -6.47. The molecule has 0 aromatic rings. The molecule has 0 saturated heterocycles. The van der Waals surface area contributed by atoms with Crippen LogP contribution in [0.2, 0.25) is 0 Å². The monoisotopic (exact) mass is 258 g/mol. The van der Waals surface area contributed by atoms with Crippen LogP contribution in [0.5, 0.6) is 0 Å². The normalized spacial score (nSPS) is 16.2. The number of rotatable bonds is 8. The molecule has 1 atom stereocenters. The predicted octanol–water partition coefficient (Wildman–Crippen LogP) is 2.03. The minimum atomic E-state index is -3.27. The van der Waals surface area contributed by atoms with Crippen molar-refractivity contribution in [3.8, 4) is 0 Å². The molecule has 0 saturated carbocycles. The van der Waals surface area contributed by atoms with Crippen LogP contribution in [-0.4, -0.2) is 32.9 Å². The van der Waals surface area contributed by atoms with Gasteiger partial charge in [-0.25, -0.2) is 8.42 Å². The van der Waals surface area contributed by atoms with Gasteiger partial charge in [0, 0.05) is 6.16 Å². The van der Waals surface area contributed by atoms with E-state index in [0.29, 0.717) is 6.42 Å². The fourth-order valence-electron chi connectivity index (χ4n) is 0.947. The maximum atomic E-state index is 11.7. The molecule has 0 aromatic carbocycles. The van der Waals surface area contributed by atoms with Crippen LogP contribution in [0.25, 0.3) is 0 Å². The van der Waals surface area contributed by atoms with Crippen molar-refractivity contribution in [2.24, 2.45) is 0 Å². The number of hydrogen-bond acceptors (Lipinski definition) is 5. The smallest absolute Gasteiger partial charge is 0.309 e. The maximum Gasteiger partial charge on any atom is 0.331 e. The average Bonchev–Trinajstić information content (AvgIpc) is 2.16. The molecule has 1 unspecified atom stereocenters. The Hall–Kier alpha value is 0.1000. The second-order valence-corrected chi connectivity index (χ2v) is 7.54. The second kappa shape index (κ2) is 6.63. The molecule has 0 aliphatic carbocycles. The highest BCUT2D eigenvalue weighted by molar-refractivity contribution is 7.91. The lowest BCUT2D eigenvalue weighted by atomic mass is 10.6. The topological polar surface area (TPSA) is 69.7 Å². The van der Waals surface area contributed by atoms with Gasteiger partial charge in [-0.1, -0.05) is 13.8 Å². The largest absolute Gasteiger partial charge is 0.331 e. The Bertz CT molecular complexity index is 311. The summed E-state index contributed by atoms with van der Waals surface area (Å²) >= 11 is 0. The fraction of sp³-hybridized carbons (Fsp3) is 1.00. The van der Waals surface area contributed by atoms with Crippen LogP contribution in [0.15, 0.2) is 0 Å². The molecule has 5 nitrogen and oxygen atoms in total. The van der Waals surface area contributed by atoms with Crippen LogP contribution in [0.3, 0.4) is 0 Å². The molecule has 0 aliphatic rings. The van der Waals surface area contributed by atoms with E-state index in [1.165, 1.54) is 0 Å². The third kappa shape index (κ3) is 6.30. The van der Waals surface area contributed by atoms with Crippen molar-refractivity contribution in [3.63, 3.8) is 0 Å². The first-order valence-corrected chi connectivity index (χ1v) is 8.52. The molecule has 15 heavy (non-hydrogen) atoms. The Morgan fingerprint density at radius 3 is 2.13 bits per heavy atom. The molecule has 0 bridgehead atoms. The summed E-state index contributed by atoms with van der Waals surface area (Å²) < 4.78 is 44.1. The van der Waals surface area contributed by atoms with Crippen LogP contribution >= 0.6 is 7.60 Å². The predicted molar refractivity (Wildman–Crippen MR) is 59.8 cm³/mol. The number of sulfone groups is 1. The highest BCUT2D eigenvalue weighted by Gasteiger charge is 2.24. The van der Waals surface area contributed by atoms with Gasteiger partial charge in [-0.15, -0.1) is 0 Å². The molecular formula is C8H19O5PS. The van der Waals surface area contributed by atoms with Crippen molar-refractivity contribution >= 4 is 17.4 Å². The lowest BCUT2D eigenvalue weighted by Crippen LogP contribution is -2.13. The van der Waals surface area contributed by atoms with Crippen molar-refractivity contribution in [2.75, 3.05) is 24.5 Å². The first-order valence-electron chi connectivity index (χ1n) is 4.97. The average molecular weight is 258 g/mol. The van der Waals surface area contributed by atoms with Crippen molar-refractivity contribution in [3.05, 3.63) is 0 Å². The van der Waals surface area contributed by atoms with E-state index < -0.39 is 23.4 Å². The van der Waals surface area contributed by atoms with E-state index in [2.05, 4.69) is 0 Å². The molecule has 0 N–H and O–H groups in total. The van der Waals surface area contributed by atoms with E-state index in [1.54, 1.807) is 20.8 Å². The third-order valence-electron chi connectivity index (χ3n) is 1.66. The van der Waals surface area contributed by atoms with Gasteiger partial charge in [0.15, 0.2) is 15.8 Å². The first kappa shape index (κ1) is 15.1. The van der Waals surface area contributed by atoms with Gasteiger partial charge in [0.25, 0.3) is 0 Å². The first-order chi connectivity index (χ1) is 6.89. The second-order valence-electron chi connectivity index (χ2n) is 3.04. The van der Waals surface area contributed by atoms with Crippen LogP contribution in [0, 0.1) is 0 Å². The Labute approximate surface area is 91.6 Å². The van der Waals surface area contributed by atoms with Gasteiger partial charge in [-0.3, -0.25) is 9.09 Å². The van der Waals surface area contributed by atoms with Gasteiger partial charge in [0.05, 0.1) is 12.4 Å². The maximum absolute atomic E-state index is 11.7. The molecule has 0 aliphatic heterocycles. The molecule has 0 rings (SSSR count). The Kier molecular flexibility index (Phi) is 6.68. The van der Waals surface area contributed by atoms with Gasteiger partial charge in [0.2, 0.25) is 0 Å². The van der Waals surface area contributed by atoms with Gasteiger partial charge in [-0.05, 0) is 13.3 Å². The van der Waals surface area contributed by atoms with Crippen LogP contribution < -0.4 is 0 Å². The Balaban J connectivity index is 4.29.